The lowest BCUT2D eigenvalue weighted by Gasteiger charge is -2.19. The minimum absolute atomic E-state index is 0.270. The van der Waals surface area contributed by atoms with Crippen molar-refractivity contribution in [2.45, 2.75) is 25.8 Å². The first-order chi connectivity index (χ1) is 9.61. The van der Waals surface area contributed by atoms with Crippen LogP contribution in [0.3, 0.4) is 0 Å². The first-order valence-electron chi connectivity index (χ1n) is 6.53. The van der Waals surface area contributed by atoms with E-state index in [-0.39, 0.29) is 6.04 Å². The van der Waals surface area contributed by atoms with Gasteiger partial charge >= 0.3 is 0 Å². The van der Waals surface area contributed by atoms with Crippen molar-refractivity contribution in [3.63, 3.8) is 0 Å². The van der Waals surface area contributed by atoms with Crippen LogP contribution in [-0.4, -0.2) is 6.54 Å². The lowest BCUT2D eigenvalue weighted by Crippen LogP contribution is -2.24. The molecule has 1 atom stereocenters. The third-order valence-corrected chi connectivity index (χ3v) is 5.84. The molecule has 0 saturated heterocycles. The van der Waals surface area contributed by atoms with E-state index in [2.05, 4.69) is 56.2 Å². The largest absolute Gasteiger partial charge is 0.310 e. The molecule has 0 aliphatic carbocycles. The summed E-state index contributed by atoms with van der Waals surface area (Å²) in [5.74, 6) is 0. The van der Waals surface area contributed by atoms with Gasteiger partial charge in [-0.2, -0.15) is 0 Å². The molecule has 1 aromatic carbocycles. The summed E-state index contributed by atoms with van der Waals surface area (Å²) in [6.07, 6.45) is 2.00. The maximum absolute atomic E-state index is 6.29. The Hall–Kier alpha value is 0.130. The molecule has 0 aliphatic rings. The zero-order chi connectivity index (χ0) is 14.5. The van der Waals surface area contributed by atoms with Gasteiger partial charge in [-0.05, 0) is 74.5 Å². The third kappa shape index (κ3) is 4.31. The van der Waals surface area contributed by atoms with Gasteiger partial charge in [0.25, 0.3) is 0 Å². The molecule has 108 valence electrons. The highest BCUT2D eigenvalue weighted by Gasteiger charge is 2.18. The fraction of sp³-hybridized carbons (Fsp3) is 0.333. The second kappa shape index (κ2) is 7.95. The Morgan fingerprint density at radius 2 is 2.05 bits per heavy atom. The Balaban J connectivity index is 2.24. The number of nitrogens with one attached hydrogen (secondary N) is 1. The van der Waals surface area contributed by atoms with Crippen LogP contribution >= 0.6 is 54.8 Å². The van der Waals surface area contributed by atoms with Crippen molar-refractivity contribution in [2.24, 2.45) is 0 Å². The van der Waals surface area contributed by atoms with E-state index in [1.165, 1.54) is 14.9 Å². The zero-order valence-electron chi connectivity index (χ0n) is 11.1. The Kier molecular flexibility index (Phi) is 6.56. The fourth-order valence-electron chi connectivity index (χ4n) is 2.09. The summed E-state index contributed by atoms with van der Waals surface area (Å²) in [6, 6.07) is 10.5. The van der Waals surface area contributed by atoms with E-state index < -0.39 is 0 Å². The number of halogens is 3. The van der Waals surface area contributed by atoms with Gasteiger partial charge in [0.05, 0.1) is 7.57 Å². The summed E-state index contributed by atoms with van der Waals surface area (Å²) in [5.41, 5.74) is 2.47. The lowest BCUT2D eigenvalue weighted by atomic mass is 10.0. The molecule has 0 amide bonds. The number of hydrogen-bond donors (Lipinski definition) is 1. The standard InChI is InChI=1S/C15H16Br2ClNS/c1-2-7-19-13(11-9-14(16)20-15(11)17)8-10-5-3-4-6-12(10)18/h3-6,9,13,19H,2,7-8H2,1H3. The molecule has 2 rings (SSSR count). The minimum Gasteiger partial charge on any atom is -0.310 e. The van der Waals surface area contributed by atoms with E-state index in [9.17, 15) is 0 Å². The quantitative estimate of drug-likeness (QED) is 0.566. The molecule has 2 aromatic rings. The normalized spacial score (nSPS) is 12.6. The van der Waals surface area contributed by atoms with E-state index in [0.29, 0.717) is 0 Å². The Bertz CT molecular complexity index is 571. The number of hydrogen-bond acceptors (Lipinski definition) is 2. The van der Waals surface area contributed by atoms with Crippen LogP contribution in [0.1, 0.15) is 30.5 Å². The summed E-state index contributed by atoms with van der Waals surface area (Å²) in [4.78, 5) is 0. The van der Waals surface area contributed by atoms with E-state index in [4.69, 9.17) is 11.6 Å². The third-order valence-electron chi connectivity index (χ3n) is 3.08. The van der Waals surface area contributed by atoms with E-state index in [0.717, 1.165) is 28.2 Å². The SMILES string of the molecule is CCCNC(Cc1ccccc1Cl)c1cc(Br)sc1Br. The van der Waals surface area contributed by atoms with Gasteiger partial charge < -0.3 is 5.32 Å². The van der Waals surface area contributed by atoms with Gasteiger partial charge in [-0.15, -0.1) is 11.3 Å². The number of thiophene rings is 1. The van der Waals surface area contributed by atoms with Crippen LogP contribution in [0.25, 0.3) is 0 Å². The van der Waals surface area contributed by atoms with Gasteiger partial charge in [-0.1, -0.05) is 36.7 Å². The molecule has 0 spiro atoms. The average Bonchev–Trinajstić information content (AvgIpc) is 2.75. The molecule has 1 nitrogen and oxygen atoms in total. The van der Waals surface area contributed by atoms with Crippen LogP contribution in [0, 0.1) is 0 Å². The van der Waals surface area contributed by atoms with E-state index >= 15 is 0 Å². The summed E-state index contributed by atoms with van der Waals surface area (Å²) < 4.78 is 2.31. The minimum atomic E-state index is 0.270. The van der Waals surface area contributed by atoms with Crippen LogP contribution in [0.5, 0.6) is 0 Å². The van der Waals surface area contributed by atoms with Crippen molar-refractivity contribution in [1.82, 2.24) is 5.32 Å². The molecule has 0 bridgehead atoms. The Morgan fingerprint density at radius 3 is 2.65 bits per heavy atom. The molecule has 20 heavy (non-hydrogen) atoms. The fourth-order valence-corrected chi connectivity index (χ4v) is 5.27. The number of benzene rings is 1. The summed E-state index contributed by atoms with van der Waals surface area (Å²) in [7, 11) is 0. The lowest BCUT2D eigenvalue weighted by molar-refractivity contribution is 0.529. The maximum Gasteiger partial charge on any atom is 0.0758 e. The van der Waals surface area contributed by atoms with Gasteiger partial charge in [0.15, 0.2) is 0 Å². The van der Waals surface area contributed by atoms with Gasteiger partial charge in [0.2, 0.25) is 0 Å². The smallest absolute Gasteiger partial charge is 0.0758 e. The average molecular weight is 438 g/mol. The predicted molar refractivity (Wildman–Crippen MR) is 95.9 cm³/mol. The van der Waals surface area contributed by atoms with Crippen molar-refractivity contribution in [3.05, 3.63) is 54.1 Å². The molecule has 5 heteroatoms. The highest BCUT2D eigenvalue weighted by Crippen LogP contribution is 2.37. The van der Waals surface area contributed by atoms with E-state index in [1.807, 2.05) is 18.2 Å². The molecule has 1 heterocycles. The molecular formula is C15H16Br2ClNS. The highest BCUT2D eigenvalue weighted by molar-refractivity contribution is 9.12. The van der Waals surface area contributed by atoms with Crippen LogP contribution in [-0.2, 0) is 6.42 Å². The molecule has 1 unspecified atom stereocenters. The van der Waals surface area contributed by atoms with Gasteiger partial charge in [-0.3, -0.25) is 0 Å². The van der Waals surface area contributed by atoms with Crippen molar-refractivity contribution in [1.29, 1.82) is 0 Å². The molecule has 1 aromatic heterocycles. The van der Waals surface area contributed by atoms with Crippen LogP contribution < -0.4 is 5.32 Å². The Morgan fingerprint density at radius 1 is 1.30 bits per heavy atom. The van der Waals surface area contributed by atoms with Gasteiger partial charge in [0.1, 0.15) is 0 Å². The predicted octanol–water partition coefficient (Wildman–Crippen LogP) is 6.21. The van der Waals surface area contributed by atoms with E-state index in [1.54, 1.807) is 11.3 Å². The molecule has 0 radical (unpaired) electrons. The Labute approximate surface area is 146 Å². The zero-order valence-corrected chi connectivity index (χ0v) is 15.9. The topological polar surface area (TPSA) is 12.0 Å². The monoisotopic (exact) mass is 435 g/mol. The summed E-state index contributed by atoms with van der Waals surface area (Å²) in [5, 5.41) is 4.45. The molecule has 1 N–H and O–H groups in total. The van der Waals surface area contributed by atoms with Crippen LogP contribution in [0.15, 0.2) is 37.9 Å². The van der Waals surface area contributed by atoms with Gasteiger partial charge in [-0.25, -0.2) is 0 Å². The molecule has 0 aliphatic heterocycles. The van der Waals surface area contributed by atoms with Crippen molar-refractivity contribution < 1.29 is 0 Å². The summed E-state index contributed by atoms with van der Waals surface area (Å²) in [6.45, 7) is 3.17. The van der Waals surface area contributed by atoms with Crippen molar-refractivity contribution >= 4 is 54.8 Å². The second-order valence-electron chi connectivity index (χ2n) is 4.58. The molecule has 0 saturated carbocycles. The maximum atomic E-state index is 6.29. The van der Waals surface area contributed by atoms with Gasteiger partial charge in [0, 0.05) is 11.1 Å². The molecular weight excluding hydrogens is 422 g/mol. The van der Waals surface area contributed by atoms with Crippen molar-refractivity contribution in [3.8, 4) is 0 Å². The first-order valence-corrected chi connectivity index (χ1v) is 9.31. The first kappa shape index (κ1) is 16.5. The number of rotatable bonds is 6. The summed E-state index contributed by atoms with van der Waals surface area (Å²) >= 11 is 15.2. The van der Waals surface area contributed by atoms with Crippen LogP contribution in [0.4, 0.5) is 0 Å². The van der Waals surface area contributed by atoms with Crippen molar-refractivity contribution in [2.75, 3.05) is 6.54 Å². The molecule has 0 fully saturated rings. The highest BCUT2D eigenvalue weighted by atomic mass is 79.9. The second-order valence-corrected chi connectivity index (χ2v) is 8.74. The van der Waals surface area contributed by atoms with Crippen LogP contribution in [0.2, 0.25) is 5.02 Å².